The summed E-state index contributed by atoms with van der Waals surface area (Å²) >= 11 is 7.97. The molecule has 1 unspecified atom stereocenters. The van der Waals surface area contributed by atoms with Crippen molar-refractivity contribution in [2.75, 3.05) is 211 Å². The predicted molar refractivity (Wildman–Crippen MR) is 404 cm³/mol. The van der Waals surface area contributed by atoms with Gasteiger partial charge in [-0.25, -0.2) is 14.4 Å². The molecule has 5 aliphatic heterocycles. The van der Waals surface area contributed by atoms with Crippen LogP contribution in [0.3, 0.4) is 0 Å². The topological polar surface area (TPSA) is 411 Å². The number of nitrogens with one attached hydrogen (secondary N) is 1. The zero-order valence-corrected chi connectivity index (χ0v) is 67.7. The fourth-order valence-electron chi connectivity index (χ4n) is 11.9. The lowest BCUT2D eigenvalue weighted by molar-refractivity contribution is -0.198. The summed E-state index contributed by atoms with van der Waals surface area (Å²) < 4.78 is 95.4. The first-order valence-corrected chi connectivity index (χ1v) is 39.2. The summed E-state index contributed by atoms with van der Waals surface area (Å²) in [5.74, 6) is -4.73. The molecule has 0 saturated carbocycles. The first kappa shape index (κ1) is 96.2. The van der Waals surface area contributed by atoms with Crippen molar-refractivity contribution in [2.24, 2.45) is 11.7 Å². The number of likely N-dealkylation sites (N-methyl/N-ethyl adjacent to an activating group) is 1. The molecule has 4 saturated heterocycles. The Morgan fingerprint density at radius 3 is 1.70 bits per heavy atom. The van der Waals surface area contributed by atoms with Crippen molar-refractivity contribution in [1.29, 1.82) is 0 Å². The number of esters is 1. The van der Waals surface area contributed by atoms with E-state index < -0.39 is 113 Å². The number of fused-ring (bicyclic) bond motifs is 5. The Kier molecular flexibility index (Phi) is 45.5. The van der Waals surface area contributed by atoms with Gasteiger partial charge in [-0.15, -0.1) is 16.8 Å². The lowest BCUT2D eigenvalue weighted by Gasteiger charge is -2.42. The molecule has 4 N–H and O–H groups in total. The first-order chi connectivity index (χ1) is 53.9. The molecule has 37 heteroatoms. The molecule has 0 radical (unpaired) electrons. The Morgan fingerprint density at radius 2 is 1.20 bits per heavy atom. The number of amides is 7. The average molecular weight is 1630 g/mol. The number of carbonyl (C=O) groups is 10. The average Bonchev–Trinajstić information content (AvgIpc) is 1.57. The van der Waals surface area contributed by atoms with Crippen LogP contribution in [0.15, 0.2) is 35.9 Å². The van der Waals surface area contributed by atoms with Gasteiger partial charge in [-0.3, -0.25) is 43.8 Å². The Hall–Kier alpha value is -6.40. The summed E-state index contributed by atoms with van der Waals surface area (Å²) in [5.41, 5.74) is 3.24. The number of hydrogen-bond donors (Lipinski definition) is 3. The number of nitrogens with two attached hydrogens (primary N) is 1. The minimum atomic E-state index is -1.90. The smallest absolute Gasteiger partial charge is 0.409 e. The number of carbonyl (C=O) groups excluding carboxylic acids is 10. The molecule has 5 aliphatic rings. The van der Waals surface area contributed by atoms with Gasteiger partial charge in [-0.2, -0.15) is 0 Å². The second-order valence-corrected chi connectivity index (χ2v) is 28.3. The number of benzene rings is 1. The summed E-state index contributed by atoms with van der Waals surface area (Å²) in [6.45, 7) is 15.7. The van der Waals surface area contributed by atoms with Crippen molar-refractivity contribution in [3.63, 3.8) is 0 Å². The minimum absolute atomic E-state index is 0.00839. The number of nitrogens with zero attached hydrogens (tertiary/aromatic N) is 4. The Morgan fingerprint density at radius 1 is 0.696 bits per heavy atom. The molecule has 9 atom stereocenters. The molecule has 1 aromatic rings. The number of rotatable bonds is 53. The van der Waals surface area contributed by atoms with Gasteiger partial charge in [0.05, 0.1) is 189 Å². The quantitative estimate of drug-likeness (QED) is 0.0364. The summed E-state index contributed by atoms with van der Waals surface area (Å²) in [5, 5.41) is 14.3. The molecule has 0 spiro atoms. The number of thioether (sulfide) groups is 1. The summed E-state index contributed by atoms with van der Waals surface area (Å²) in [7, 11) is 7.33. The van der Waals surface area contributed by atoms with Gasteiger partial charge < -0.3 is 106 Å². The van der Waals surface area contributed by atoms with E-state index in [2.05, 4.69) is 11.1 Å². The lowest BCUT2D eigenvalue weighted by Crippen LogP contribution is -2.63. The highest BCUT2D eigenvalue weighted by molar-refractivity contribution is 8.00. The number of aliphatic hydroxyl groups is 1. The molecule has 0 aliphatic carbocycles. The Labute approximate surface area is 664 Å². The number of anilines is 1. The molecule has 7 amide bonds. The van der Waals surface area contributed by atoms with Crippen LogP contribution in [0.2, 0.25) is 5.02 Å². The highest BCUT2D eigenvalue weighted by Crippen LogP contribution is 2.49. The molecule has 0 aromatic heterocycles. The molecule has 6 rings (SSSR count). The van der Waals surface area contributed by atoms with Crippen molar-refractivity contribution < 1.29 is 138 Å². The summed E-state index contributed by atoms with van der Waals surface area (Å²) in [6.07, 6.45) is 0.649. The summed E-state index contributed by atoms with van der Waals surface area (Å²) in [4.78, 5) is 138. The van der Waals surface area contributed by atoms with E-state index in [0.29, 0.717) is 175 Å². The largest absolute Gasteiger partial charge is 0.495 e. The van der Waals surface area contributed by atoms with Gasteiger partial charge in [0.15, 0.2) is 5.72 Å². The van der Waals surface area contributed by atoms with Crippen molar-refractivity contribution in [3.8, 4) is 5.75 Å². The SMILES string of the molecule is CN.COc1cc2cc(c1Cl)N(C)C(=O)C[C@H](OC(=O)[C@@H](C)N(C)C(=O)CCSC1CC(=O)N(CCC(=O)CCCOCCOCCOCCOCCOCCOCCOCCOCCOCCOCCOCCOCCC(=O)ON3C(=O)CCC3=O)C1=O)[C@]1(C)O[C@H]1[C@H](C)[C@@H]1C[C@@](O)(NC(=O)O1)[C@H](OC)/C=C/C=C(\C)C2. The maximum absolute atomic E-state index is 14.4. The van der Waals surface area contributed by atoms with E-state index in [-0.39, 0.29) is 87.7 Å². The maximum atomic E-state index is 14.4. The van der Waals surface area contributed by atoms with Crippen LogP contribution in [0.1, 0.15) is 97.5 Å². The standard InChI is InChI=1S/C74H112ClN5O29S.CH5N/c1-51-11-9-13-60(93-8)74(91)50-58(106-72(90)76-74)52(2)69-73(4,108-69)61(49-65(85)78(6)56-46-54(45-51)47-57(92-7)68(56)75)107-71(89)53(3)77(5)62(82)18-44-110-59-48-66(86)79(70(59)88)19-16-55(81)12-10-20-94-22-24-96-26-28-98-30-32-100-34-36-102-38-40-104-42-43-105-41-39-103-37-35-101-33-31-99-29-27-97-25-23-95-21-17-67(87)109-80-63(83)14-15-64(80)84;1-2/h9,11,13,46-47,52-53,58-61,69,91H,10,12,14-45,48-50H2,1-8H3,(H,76,90);2H2,1H3/b13-9+,51-11+;/t52-,53-,58+,59?,60-,61+,69+,73+,74+;/m1./s1. The van der Waals surface area contributed by atoms with Crippen molar-refractivity contribution in [2.45, 2.75) is 145 Å². The van der Waals surface area contributed by atoms with E-state index in [9.17, 15) is 53.1 Å². The van der Waals surface area contributed by atoms with Gasteiger partial charge in [0.1, 0.15) is 46.5 Å². The zero-order chi connectivity index (χ0) is 81.9. The van der Waals surface area contributed by atoms with E-state index in [0.717, 1.165) is 27.8 Å². The van der Waals surface area contributed by atoms with Gasteiger partial charge in [-0.05, 0) is 58.4 Å². The Balaban J connectivity index is 0.0000111. The third-order valence-corrected chi connectivity index (χ3v) is 20.1. The zero-order valence-electron chi connectivity index (χ0n) is 66.1. The fourth-order valence-corrected chi connectivity index (χ4v) is 13.3. The first-order valence-electron chi connectivity index (χ1n) is 37.8. The molecule has 4 fully saturated rings. The van der Waals surface area contributed by atoms with Crippen LogP contribution in [-0.2, 0) is 130 Å². The third kappa shape index (κ3) is 33.4. The lowest BCUT2D eigenvalue weighted by atomic mass is 9.83. The van der Waals surface area contributed by atoms with E-state index >= 15 is 0 Å². The maximum Gasteiger partial charge on any atom is 0.409 e. The van der Waals surface area contributed by atoms with Crippen LogP contribution in [0.4, 0.5) is 10.5 Å². The van der Waals surface area contributed by atoms with Crippen LogP contribution < -0.4 is 20.7 Å². The molecule has 634 valence electrons. The van der Waals surface area contributed by atoms with Crippen LogP contribution in [0.25, 0.3) is 0 Å². The number of hydroxylamine groups is 2. The predicted octanol–water partition coefficient (Wildman–Crippen LogP) is 3.28. The number of epoxide rings is 1. The van der Waals surface area contributed by atoms with Crippen LogP contribution in [0, 0.1) is 5.92 Å². The monoisotopic (exact) mass is 1630 g/mol. The van der Waals surface area contributed by atoms with E-state index in [1.165, 1.54) is 52.1 Å². The van der Waals surface area contributed by atoms with Gasteiger partial charge in [0.25, 0.3) is 11.8 Å². The number of allylic oxidation sites excluding steroid dienone is 3. The Bertz CT molecular complexity index is 3160. The van der Waals surface area contributed by atoms with Gasteiger partial charge in [-0.1, -0.05) is 42.3 Å². The number of ether oxygens (including phenoxy) is 17. The molecule has 4 bridgehead atoms. The van der Waals surface area contributed by atoms with Crippen LogP contribution >= 0.6 is 23.4 Å². The molecule has 1 aromatic carbocycles. The number of hydrogen-bond acceptors (Lipinski definition) is 31. The number of halogens is 1. The fraction of sp³-hybridized carbons (Fsp3) is 0.733. The molecular weight excluding hydrogens is 1520 g/mol. The second kappa shape index (κ2) is 53.0. The highest BCUT2D eigenvalue weighted by Gasteiger charge is 2.64. The van der Waals surface area contributed by atoms with Crippen LogP contribution in [-0.4, -0.2) is 332 Å². The van der Waals surface area contributed by atoms with Crippen LogP contribution in [0.5, 0.6) is 5.75 Å². The third-order valence-electron chi connectivity index (χ3n) is 18.5. The van der Waals surface area contributed by atoms with E-state index in [4.69, 9.17) is 97.0 Å². The summed E-state index contributed by atoms with van der Waals surface area (Å²) in [6, 6.07) is 2.35. The van der Waals surface area contributed by atoms with E-state index in [1.807, 2.05) is 13.0 Å². The number of methoxy groups -OCH3 is 2. The minimum Gasteiger partial charge on any atom is -0.495 e. The van der Waals surface area contributed by atoms with Crippen molar-refractivity contribution in [1.82, 2.24) is 20.2 Å². The molecule has 112 heavy (non-hydrogen) atoms. The molecular formula is C75H117ClN6O29S. The molecule has 35 nitrogen and oxygen atoms in total. The number of alkyl carbamates (subject to hydrolysis) is 1. The number of likely N-dealkylation sites (tertiary alicyclic amines) is 1. The number of imide groups is 2. The van der Waals surface area contributed by atoms with Gasteiger partial charge in [0.2, 0.25) is 23.6 Å². The number of ketones is 1. The van der Waals surface area contributed by atoms with E-state index in [1.54, 1.807) is 38.1 Å². The normalized spacial score (nSPS) is 23.0. The highest BCUT2D eigenvalue weighted by atomic mass is 35.5. The number of Topliss-reactive ketones (excluding diaryl/α,β-unsaturated/α-hetero) is 1. The molecule has 5 heterocycles. The van der Waals surface area contributed by atoms with Crippen molar-refractivity contribution >= 4 is 88.3 Å². The van der Waals surface area contributed by atoms with Crippen molar-refractivity contribution in [3.05, 3.63) is 46.5 Å². The van der Waals surface area contributed by atoms with Gasteiger partial charge in [0, 0.05) is 91.0 Å². The van der Waals surface area contributed by atoms with Gasteiger partial charge >= 0.3 is 18.0 Å². The second-order valence-electron chi connectivity index (χ2n) is 26.6.